The molecule has 0 bridgehead atoms. The fourth-order valence-electron chi connectivity index (χ4n) is 1.72. The number of hydrogen-bond donors (Lipinski definition) is 1. The first-order valence-corrected chi connectivity index (χ1v) is 6.63. The summed E-state index contributed by atoms with van der Waals surface area (Å²) in [6.45, 7) is 2.12. The molecule has 0 saturated carbocycles. The number of hydrogen-bond acceptors (Lipinski definition) is 2. The van der Waals surface area contributed by atoms with Gasteiger partial charge in [0.15, 0.2) is 0 Å². The third-order valence-corrected chi connectivity index (χ3v) is 3.35. The van der Waals surface area contributed by atoms with E-state index in [1.54, 1.807) is 0 Å². The Morgan fingerprint density at radius 2 is 1.95 bits per heavy atom. The Balaban J connectivity index is 2.22. The van der Waals surface area contributed by atoms with Crippen molar-refractivity contribution in [2.24, 2.45) is 0 Å². The molecule has 0 aliphatic heterocycles. The molecular formula is C15H12Cl2O3. The summed E-state index contributed by atoms with van der Waals surface area (Å²) < 4.78 is 5.54. The summed E-state index contributed by atoms with van der Waals surface area (Å²) in [6.07, 6.45) is 0. The molecule has 0 amide bonds. The summed E-state index contributed by atoms with van der Waals surface area (Å²) in [7, 11) is 0. The monoisotopic (exact) mass is 310 g/mol. The molecule has 2 aromatic rings. The van der Waals surface area contributed by atoms with E-state index in [1.807, 2.05) is 25.1 Å². The van der Waals surface area contributed by atoms with Crippen molar-refractivity contribution < 1.29 is 14.6 Å². The van der Waals surface area contributed by atoms with E-state index in [1.165, 1.54) is 18.2 Å². The van der Waals surface area contributed by atoms with Crippen LogP contribution < -0.4 is 4.74 Å². The highest BCUT2D eigenvalue weighted by molar-refractivity contribution is 6.31. The molecule has 0 unspecified atom stereocenters. The van der Waals surface area contributed by atoms with Gasteiger partial charge >= 0.3 is 5.97 Å². The minimum absolute atomic E-state index is 0.0673. The quantitative estimate of drug-likeness (QED) is 0.899. The second-order valence-electron chi connectivity index (χ2n) is 4.33. The van der Waals surface area contributed by atoms with Gasteiger partial charge in [0, 0.05) is 15.6 Å². The Hall–Kier alpha value is -1.71. The van der Waals surface area contributed by atoms with Gasteiger partial charge in [-0.2, -0.15) is 0 Å². The maximum absolute atomic E-state index is 11.1. The number of aromatic carboxylic acids is 1. The van der Waals surface area contributed by atoms with Crippen molar-refractivity contribution in [2.75, 3.05) is 0 Å². The van der Waals surface area contributed by atoms with Gasteiger partial charge < -0.3 is 9.84 Å². The Labute approximate surface area is 126 Å². The first kappa shape index (κ1) is 14.7. The third-order valence-electron chi connectivity index (χ3n) is 2.77. The fourth-order valence-corrected chi connectivity index (χ4v) is 2.17. The van der Waals surface area contributed by atoms with Crippen molar-refractivity contribution >= 4 is 29.2 Å². The standard InChI is InChI=1S/C15H12Cl2O3/c1-9-2-3-10(13(17)6-9)8-20-14-7-11(16)4-5-12(14)15(18)19/h2-7H,8H2,1H3,(H,18,19). The molecule has 3 nitrogen and oxygen atoms in total. The number of halogens is 2. The van der Waals surface area contributed by atoms with Gasteiger partial charge in [-0.25, -0.2) is 4.79 Å². The number of carboxylic acid groups (broad SMARTS) is 1. The Morgan fingerprint density at radius 1 is 1.20 bits per heavy atom. The van der Waals surface area contributed by atoms with Crippen molar-refractivity contribution in [2.45, 2.75) is 13.5 Å². The highest BCUT2D eigenvalue weighted by Crippen LogP contribution is 2.26. The molecule has 0 aliphatic carbocycles. The van der Waals surface area contributed by atoms with E-state index in [0.717, 1.165) is 11.1 Å². The van der Waals surface area contributed by atoms with E-state index in [2.05, 4.69) is 0 Å². The van der Waals surface area contributed by atoms with Gasteiger partial charge in [0.25, 0.3) is 0 Å². The van der Waals surface area contributed by atoms with E-state index in [9.17, 15) is 4.79 Å². The Bertz CT molecular complexity index is 654. The number of benzene rings is 2. The average molecular weight is 311 g/mol. The fraction of sp³-hybridized carbons (Fsp3) is 0.133. The lowest BCUT2D eigenvalue weighted by molar-refractivity contribution is 0.0692. The topological polar surface area (TPSA) is 46.5 Å². The molecule has 2 aromatic carbocycles. The predicted molar refractivity (Wildman–Crippen MR) is 78.9 cm³/mol. The summed E-state index contributed by atoms with van der Waals surface area (Å²) in [4.78, 5) is 11.1. The minimum Gasteiger partial charge on any atom is -0.488 e. The number of rotatable bonds is 4. The van der Waals surface area contributed by atoms with Crippen LogP contribution in [0.25, 0.3) is 0 Å². The maximum Gasteiger partial charge on any atom is 0.339 e. The highest BCUT2D eigenvalue weighted by atomic mass is 35.5. The molecular weight excluding hydrogens is 299 g/mol. The summed E-state index contributed by atoms with van der Waals surface area (Å²) in [5.41, 5.74) is 1.90. The second kappa shape index (κ2) is 6.16. The summed E-state index contributed by atoms with van der Waals surface area (Å²) in [5, 5.41) is 10.1. The maximum atomic E-state index is 11.1. The Morgan fingerprint density at radius 3 is 2.60 bits per heavy atom. The van der Waals surface area contributed by atoms with Gasteiger partial charge in [-0.15, -0.1) is 0 Å². The first-order valence-electron chi connectivity index (χ1n) is 5.88. The predicted octanol–water partition coefficient (Wildman–Crippen LogP) is 4.58. The van der Waals surface area contributed by atoms with Crippen LogP contribution in [-0.4, -0.2) is 11.1 Å². The van der Waals surface area contributed by atoms with E-state index >= 15 is 0 Å². The van der Waals surface area contributed by atoms with Crippen LogP contribution in [0.1, 0.15) is 21.5 Å². The molecule has 1 N–H and O–H groups in total. The minimum atomic E-state index is -1.06. The lowest BCUT2D eigenvalue weighted by Crippen LogP contribution is -2.03. The van der Waals surface area contributed by atoms with Crippen LogP contribution in [0, 0.1) is 6.92 Å². The molecule has 0 radical (unpaired) electrons. The van der Waals surface area contributed by atoms with Gasteiger partial charge in [-0.05, 0) is 36.8 Å². The van der Waals surface area contributed by atoms with Crippen LogP contribution in [0.3, 0.4) is 0 Å². The normalized spacial score (nSPS) is 10.3. The molecule has 2 rings (SSSR count). The number of ether oxygens (including phenoxy) is 1. The van der Waals surface area contributed by atoms with E-state index in [0.29, 0.717) is 10.0 Å². The molecule has 0 saturated heterocycles. The molecule has 0 atom stereocenters. The van der Waals surface area contributed by atoms with Gasteiger partial charge in [0.05, 0.1) is 0 Å². The molecule has 5 heteroatoms. The number of carbonyl (C=O) groups is 1. The van der Waals surface area contributed by atoms with Crippen molar-refractivity contribution in [3.8, 4) is 5.75 Å². The highest BCUT2D eigenvalue weighted by Gasteiger charge is 2.12. The van der Waals surface area contributed by atoms with Gasteiger partial charge in [-0.1, -0.05) is 35.3 Å². The lowest BCUT2D eigenvalue weighted by atomic mass is 10.1. The second-order valence-corrected chi connectivity index (χ2v) is 5.17. The average Bonchev–Trinajstić information content (AvgIpc) is 2.37. The molecule has 20 heavy (non-hydrogen) atoms. The zero-order chi connectivity index (χ0) is 14.7. The molecule has 0 fully saturated rings. The van der Waals surface area contributed by atoms with Gasteiger partial charge in [0.1, 0.15) is 17.9 Å². The van der Waals surface area contributed by atoms with Crippen LogP contribution in [-0.2, 0) is 6.61 Å². The summed E-state index contributed by atoms with van der Waals surface area (Å²) in [6, 6.07) is 10.0. The number of carboxylic acids is 1. The molecule has 104 valence electrons. The van der Waals surface area contributed by atoms with Crippen LogP contribution in [0.5, 0.6) is 5.75 Å². The SMILES string of the molecule is Cc1ccc(COc2cc(Cl)ccc2C(=O)O)c(Cl)c1. The number of aryl methyl sites for hydroxylation is 1. The molecule has 0 aliphatic rings. The van der Waals surface area contributed by atoms with Crippen LogP contribution >= 0.6 is 23.2 Å². The van der Waals surface area contributed by atoms with Crippen molar-refractivity contribution in [3.63, 3.8) is 0 Å². The lowest BCUT2D eigenvalue weighted by Gasteiger charge is -2.11. The van der Waals surface area contributed by atoms with Crippen molar-refractivity contribution in [1.82, 2.24) is 0 Å². The van der Waals surface area contributed by atoms with Crippen molar-refractivity contribution in [3.05, 3.63) is 63.1 Å². The van der Waals surface area contributed by atoms with E-state index < -0.39 is 5.97 Å². The molecule has 0 spiro atoms. The first-order chi connectivity index (χ1) is 9.47. The smallest absolute Gasteiger partial charge is 0.339 e. The zero-order valence-electron chi connectivity index (χ0n) is 10.7. The Kier molecular flexibility index (Phi) is 4.53. The van der Waals surface area contributed by atoms with Crippen LogP contribution in [0.15, 0.2) is 36.4 Å². The summed E-state index contributed by atoms with van der Waals surface area (Å²) >= 11 is 12.0. The van der Waals surface area contributed by atoms with Crippen molar-refractivity contribution in [1.29, 1.82) is 0 Å². The summed E-state index contributed by atoms with van der Waals surface area (Å²) in [5.74, 6) is -0.840. The van der Waals surface area contributed by atoms with Crippen LogP contribution in [0.2, 0.25) is 10.0 Å². The van der Waals surface area contributed by atoms with Crippen LogP contribution in [0.4, 0.5) is 0 Å². The van der Waals surface area contributed by atoms with E-state index in [4.69, 9.17) is 33.0 Å². The van der Waals surface area contributed by atoms with E-state index in [-0.39, 0.29) is 17.9 Å². The largest absolute Gasteiger partial charge is 0.488 e. The molecule has 0 aromatic heterocycles. The van der Waals surface area contributed by atoms with Gasteiger partial charge in [-0.3, -0.25) is 0 Å². The third kappa shape index (κ3) is 3.44. The zero-order valence-corrected chi connectivity index (χ0v) is 12.2. The van der Waals surface area contributed by atoms with Gasteiger partial charge in [0.2, 0.25) is 0 Å². The molecule has 0 heterocycles.